The molecular weight excluding hydrogens is 176 g/mol. The lowest BCUT2D eigenvalue weighted by Crippen LogP contribution is -2.17. The van der Waals surface area contributed by atoms with Crippen LogP contribution in [-0.4, -0.2) is 17.3 Å². The molecule has 0 radical (unpaired) electrons. The Kier molecular flexibility index (Phi) is 3.36. The van der Waals surface area contributed by atoms with Crippen LogP contribution in [0.3, 0.4) is 0 Å². The monoisotopic (exact) mass is 188 g/mol. The van der Waals surface area contributed by atoms with Crippen molar-refractivity contribution in [3.05, 3.63) is 11.1 Å². The molecule has 0 aliphatic heterocycles. The zero-order valence-electron chi connectivity index (χ0n) is 6.70. The summed E-state index contributed by atoms with van der Waals surface area (Å²) >= 11 is 3.37. The van der Waals surface area contributed by atoms with Gasteiger partial charge in [0.25, 0.3) is 0 Å². The van der Waals surface area contributed by atoms with Gasteiger partial charge in [-0.3, -0.25) is 0 Å². The predicted octanol–water partition coefficient (Wildman–Crippen LogP) is 1.75. The number of thioether (sulfide) groups is 1. The van der Waals surface area contributed by atoms with Gasteiger partial charge in [-0.1, -0.05) is 11.8 Å². The molecule has 0 spiro atoms. The summed E-state index contributed by atoms with van der Waals surface area (Å²) in [6, 6.07) is 0.215. The van der Waals surface area contributed by atoms with E-state index in [0.717, 1.165) is 16.5 Å². The molecule has 4 heteroatoms. The minimum atomic E-state index is 0.215. The van der Waals surface area contributed by atoms with Gasteiger partial charge < -0.3 is 5.73 Å². The number of thiazole rings is 1. The molecule has 1 aromatic rings. The molecule has 0 bridgehead atoms. The molecule has 0 aliphatic carbocycles. The quantitative estimate of drug-likeness (QED) is 0.735. The van der Waals surface area contributed by atoms with Gasteiger partial charge in [-0.25, -0.2) is 4.98 Å². The van der Waals surface area contributed by atoms with E-state index in [1.54, 1.807) is 23.1 Å². The van der Waals surface area contributed by atoms with Crippen molar-refractivity contribution in [3.8, 4) is 0 Å². The normalized spacial score (nSPS) is 13.4. The van der Waals surface area contributed by atoms with Gasteiger partial charge in [0.15, 0.2) is 0 Å². The second-order valence-corrected chi connectivity index (χ2v) is 4.40. The van der Waals surface area contributed by atoms with E-state index >= 15 is 0 Å². The molecule has 0 amide bonds. The summed E-state index contributed by atoms with van der Waals surface area (Å²) in [5.41, 5.74) is 6.75. The second-order valence-electron chi connectivity index (χ2n) is 2.49. The molecule has 0 fully saturated rings. The van der Waals surface area contributed by atoms with Gasteiger partial charge in [-0.2, -0.15) is 0 Å². The van der Waals surface area contributed by atoms with Crippen molar-refractivity contribution in [1.29, 1.82) is 0 Å². The molecule has 62 valence electrons. The average Bonchev–Trinajstić information content (AvgIpc) is 2.34. The smallest absolute Gasteiger partial charge is 0.149 e. The second kappa shape index (κ2) is 4.09. The number of hydrogen-bond acceptors (Lipinski definition) is 4. The fourth-order valence-corrected chi connectivity index (χ4v) is 2.10. The van der Waals surface area contributed by atoms with Crippen LogP contribution in [0.4, 0.5) is 0 Å². The van der Waals surface area contributed by atoms with E-state index in [2.05, 4.69) is 10.4 Å². The number of hydrogen-bond donors (Lipinski definition) is 1. The van der Waals surface area contributed by atoms with Crippen LogP contribution in [0, 0.1) is 0 Å². The molecule has 0 aliphatic rings. The fraction of sp³-hybridized carbons (Fsp3) is 0.571. The van der Waals surface area contributed by atoms with E-state index in [-0.39, 0.29) is 6.04 Å². The lowest BCUT2D eigenvalue weighted by molar-refractivity contribution is 0.722. The highest BCUT2D eigenvalue weighted by Gasteiger charge is 2.02. The van der Waals surface area contributed by atoms with Crippen molar-refractivity contribution < 1.29 is 0 Å². The summed E-state index contributed by atoms with van der Waals surface area (Å²) in [6.45, 7) is 2.00. The zero-order chi connectivity index (χ0) is 8.27. The van der Waals surface area contributed by atoms with Crippen molar-refractivity contribution in [2.45, 2.75) is 23.7 Å². The molecule has 0 saturated carbocycles. The van der Waals surface area contributed by atoms with Crippen LogP contribution in [0.15, 0.2) is 9.72 Å². The van der Waals surface area contributed by atoms with Crippen molar-refractivity contribution >= 4 is 23.1 Å². The minimum absolute atomic E-state index is 0.215. The van der Waals surface area contributed by atoms with Crippen molar-refractivity contribution in [2.75, 3.05) is 6.26 Å². The molecule has 0 saturated heterocycles. The van der Waals surface area contributed by atoms with Gasteiger partial charge in [0.2, 0.25) is 0 Å². The molecule has 1 rings (SSSR count). The van der Waals surface area contributed by atoms with Crippen LogP contribution in [0.2, 0.25) is 0 Å². The summed E-state index contributed by atoms with van der Waals surface area (Å²) in [5, 5.41) is 2.08. The predicted molar refractivity (Wildman–Crippen MR) is 51.2 cm³/mol. The van der Waals surface area contributed by atoms with E-state index in [1.165, 1.54) is 0 Å². The number of aromatic nitrogens is 1. The molecule has 0 aromatic carbocycles. The Labute approximate surface area is 75.2 Å². The molecule has 1 aromatic heterocycles. The third kappa shape index (κ3) is 2.81. The van der Waals surface area contributed by atoms with Gasteiger partial charge in [-0.05, 0) is 13.2 Å². The van der Waals surface area contributed by atoms with E-state index in [0.29, 0.717) is 0 Å². The maximum atomic E-state index is 5.63. The van der Waals surface area contributed by atoms with E-state index in [1.807, 2.05) is 13.2 Å². The van der Waals surface area contributed by atoms with Crippen LogP contribution >= 0.6 is 23.1 Å². The van der Waals surface area contributed by atoms with E-state index in [4.69, 9.17) is 5.73 Å². The molecule has 2 N–H and O–H groups in total. The Hall–Kier alpha value is -0.0600. The van der Waals surface area contributed by atoms with Gasteiger partial charge >= 0.3 is 0 Å². The first kappa shape index (κ1) is 9.03. The lowest BCUT2D eigenvalue weighted by atomic mass is 10.2. The minimum Gasteiger partial charge on any atom is -0.328 e. The molecule has 1 unspecified atom stereocenters. The van der Waals surface area contributed by atoms with E-state index in [9.17, 15) is 0 Å². The molecule has 2 nitrogen and oxygen atoms in total. The summed E-state index contributed by atoms with van der Waals surface area (Å²) in [4.78, 5) is 4.37. The SMILES string of the molecule is CSc1nc(CC(C)N)cs1. The maximum absolute atomic E-state index is 5.63. The summed E-state index contributed by atoms with van der Waals surface area (Å²) in [6.07, 6.45) is 2.92. The Morgan fingerprint density at radius 3 is 3.00 bits per heavy atom. The molecule has 11 heavy (non-hydrogen) atoms. The Morgan fingerprint density at radius 2 is 2.55 bits per heavy atom. The third-order valence-electron chi connectivity index (χ3n) is 1.24. The molecule has 1 heterocycles. The summed E-state index contributed by atoms with van der Waals surface area (Å²) < 4.78 is 1.13. The highest BCUT2D eigenvalue weighted by atomic mass is 32.2. The first-order valence-electron chi connectivity index (χ1n) is 3.46. The van der Waals surface area contributed by atoms with Gasteiger partial charge in [-0.15, -0.1) is 11.3 Å². The number of nitrogens with two attached hydrogens (primary N) is 1. The van der Waals surface area contributed by atoms with Crippen molar-refractivity contribution in [1.82, 2.24) is 4.98 Å². The number of rotatable bonds is 3. The average molecular weight is 188 g/mol. The Balaban J connectivity index is 2.58. The molecular formula is C7H12N2S2. The van der Waals surface area contributed by atoms with Crippen LogP contribution in [0.1, 0.15) is 12.6 Å². The van der Waals surface area contributed by atoms with Crippen LogP contribution in [-0.2, 0) is 6.42 Å². The topological polar surface area (TPSA) is 38.9 Å². The van der Waals surface area contributed by atoms with Crippen molar-refractivity contribution in [3.63, 3.8) is 0 Å². The molecule has 1 atom stereocenters. The lowest BCUT2D eigenvalue weighted by Gasteiger charge is -1.98. The van der Waals surface area contributed by atoms with Gasteiger partial charge in [0.1, 0.15) is 4.34 Å². The standard InChI is InChI=1S/C7H12N2S2/c1-5(8)3-6-4-11-7(9-6)10-2/h4-5H,3,8H2,1-2H3. The van der Waals surface area contributed by atoms with Crippen LogP contribution in [0.5, 0.6) is 0 Å². The maximum Gasteiger partial charge on any atom is 0.149 e. The fourth-order valence-electron chi connectivity index (χ4n) is 0.806. The summed E-state index contributed by atoms with van der Waals surface area (Å²) in [7, 11) is 0. The van der Waals surface area contributed by atoms with Crippen LogP contribution < -0.4 is 5.73 Å². The largest absolute Gasteiger partial charge is 0.328 e. The Morgan fingerprint density at radius 1 is 1.82 bits per heavy atom. The van der Waals surface area contributed by atoms with Crippen LogP contribution in [0.25, 0.3) is 0 Å². The highest BCUT2D eigenvalue weighted by molar-refractivity contribution is 8.00. The first-order chi connectivity index (χ1) is 5.22. The number of nitrogens with zero attached hydrogens (tertiary/aromatic N) is 1. The first-order valence-corrected chi connectivity index (χ1v) is 5.56. The van der Waals surface area contributed by atoms with Gasteiger partial charge in [0, 0.05) is 17.8 Å². The van der Waals surface area contributed by atoms with Gasteiger partial charge in [0.05, 0.1) is 5.69 Å². The Bertz CT molecular complexity index is 220. The highest BCUT2D eigenvalue weighted by Crippen LogP contribution is 2.20. The third-order valence-corrected chi connectivity index (χ3v) is 3.15. The van der Waals surface area contributed by atoms with Crippen molar-refractivity contribution in [2.24, 2.45) is 5.73 Å². The zero-order valence-corrected chi connectivity index (χ0v) is 8.34. The van der Waals surface area contributed by atoms with E-state index < -0.39 is 0 Å². The summed E-state index contributed by atoms with van der Waals surface area (Å²) in [5.74, 6) is 0.